The van der Waals surface area contributed by atoms with Crippen molar-refractivity contribution in [1.29, 1.82) is 0 Å². The number of nitrogens with zero attached hydrogens (tertiary/aromatic N) is 2. The van der Waals surface area contributed by atoms with Gasteiger partial charge in [0.1, 0.15) is 5.75 Å². The maximum absolute atomic E-state index is 10.2. The molecule has 4 rings (SSSR count). The molecule has 0 spiro atoms. The summed E-state index contributed by atoms with van der Waals surface area (Å²) in [5.41, 5.74) is 2.27. The summed E-state index contributed by atoms with van der Waals surface area (Å²) in [4.78, 5) is 4.46. The second-order valence-electron chi connectivity index (χ2n) is 6.26. The van der Waals surface area contributed by atoms with Gasteiger partial charge in [-0.2, -0.15) is 0 Å². The van der Waals surface area contributed by atoms with Crippen molar-refractivity contribution in [3.05, 3.63) is 78.1 Å². The summed E-state index contributed by atoms with van der Waals surface area (Å²) >= 11 is 0. The molecule has 0 saturated heterocycles. The van der Waals surface area contributed by atoms with E-state index in [4.69, 9.17) is 4.74 Å². The van der Waals surface area contributed by atoms with Crippen LogP contribution in [0.15, 0.2) is 67.0 Å². The summed E-state index contributed by atoms with van der Waals surface area (Å²) < 4.78 is 7.37. The Morgan fingerprint density at radius 3 is 2.52 bits per heavy atom. The van der Waals surface area contributed by atoms with Crippen LogP contribution in [0.5, 0.6) is 5.75 Å². The number of hydrogen-bond acceptors (Lipinski definition) is 4. The van der Waals surface area contributed by atoms with Gasteiger partial charge in [-0.1, -0.05) is 42.5 Å². The summed E-state index contributed by atoms with van der Waals surface area (Å²) in [5.74, 6) is 1.63. The number of methoxy groups -OCH3 is 1. The van der Waals surface area contributed by atoms with Gasteiger partial charge in [0.05, 0.1) is 25.8 Å². The predicted molar refractivity (Wildman–Crippen MR) is 96.7 cm³/mol. The Balaban J connectivity index is 1.80. The highest BCUT2D eigenvalue weighted by Crippen LogP contribution is 2.42. The number of fused-ring (bicyclic) bond motifs is 1. The molecule has 0 amide bonds. The summed E-state index contributed by atoms with van der Waals surface area (Å²) in [6, 6.07) is 18.3. The van der Waals surface area contributed by atoms with Gasteiger partial charge in [-0.25, -0.2) is 4.98 Å². The minimum Gasteiger partial charge on any atom is -0.497 e. The molecule has 2 aromatic carbocycles. The van der Waals surface area contributed by atoms with Crippen molar-refractivity contribution in [2.45, 2.75) is 12.1 Å². The van der Waals surface area contributed by atoms with E-state index in [2.05, 4.69) is 39.1 Å². The van der Waals surface area contributed by atoms with E-state index in [0.29, 0.717) is 0 Å². The average Bonchev–Trinajstić information content (AvgIpc) is 3.15. The molecule has 0 unspecified atom stereocenters. The fraction of sp³-hybridized carbons (Fsp3) is 0.250. The minimum atomic E-state index is -0.0162. The lowest BCUT2D eigenvalue weighted by Gasteiger charge is -2.40. The lowest BCUT2D eigenvalue weighted by molar-refractivity contribution is 0.166. The lowest BCUT2D eigenvalue weighted by atomic mass is 9.82. The van der Waals surface area contributed by atoms with Crippen molar-refractivity contribution in [2.24, 2.45) is 5.92 Å². The summed E-state index contributed by atoms with van der Waals surface area (Å²) in [5, 5.41) is 13.7. The molecule has 25 heavy (non-hydrogen) atoms. The Morgan fingerprint density at radius 1 is 1.08 bits per heavy atom. The molecule has 1 aliphatic rings. The van der Waals surface area contributed by atoms with Crippen LogP contribution in [-0.2, 0) is 0 Å². The van der Waals surface area contributed by atoms with Gasteiger partial charge in [-0.3, -0.25) is 0 Å². The lowest BCUT2D eigenvalue weighted by Crippen LogP contribution is -2.38. The molecule has 3 atom stereocenters. The van der Waals surface area contributed by atoms with Gasteiger partial charge in [0, 0.05) is 18.3 Å². The zero-order valence-electron chi connectivity index (χ0n) is 14.0. The van der Waals surface area contributed by atoms with E-state index in [9.17, 15) is 5.11 Å². The number of aromatic nitrogens is 2. The van der Waals surface area contributed by atoms with Gasteiger partial charge in [-0.05, 0) is 23.3 Å². The molecule has 5 nitrogen and oxygen atoms in total. The van der Waals surface area contributed by atoms with Crippen molar-refractivity contribution in [3.63, 3.8) is 0 Å². The highest BCUT2D eigenvalue weighted by Gasteiger charge is 2.38. The molecule has 0 fully saturated rings. The van der Waals surface area contributed by atoms with Gasteiger partial charge >= 0.3 is 0 Å². The number of imidazole rings is 1. The molecule has 0 aliphatic carbocycles. The fourth-order valence-electron chi connectivity index (χ4n) is 3.69. The third-order valence-electron chi connectivity index (χ3n) is 4.91. The highest BCUT2D eigenvalue weighted by atomic mass is 16.5. The SMILES string of the molecule is COc1ccc([C@@H]2[C@@H](CO)[C@H](c3ccccc3)Nc3nccn32)cc1. The standard InChI is InChI=1S/C20H21N3O2/c1-25-16-9-7-15(8-10-16)19-17(13-24)18(14-5-3-2-4-6-14)22-20-21-11-12-23(19)20/h2-12,17-19,24H,13H2,1H3,(H,21,22)/t17-,18-,19+/m0/s1. The van der Waals surface area contributed by atoms with E-state index in [-0.39, 0.29) is 24.6 Å². The summed E-state index contributed by atoms with van der Waals surface area (Å²) in [6.07, 6.45) is 3.75. The van der Waals surface area contributed by atoms with Crippen LogP contribution in [0.1, 0.15) is 23.2 Å². The van der Waals surface area contributed by atoms with Crippen LogP contribution >= 0.6 is 0 Å². The van der Waals surface area contributed by atoms with Gasteiger partial charge in [0.25, 0.3) is 0 Å². The topological polar surface area (TPSA) is 59.3 Å². The molecule has 1 aromatic heterocycles. The molecule has 0 bridgehead atoms. The first kappa shape index (κ1) is 15.7. The van der Waals surface area contributed by atoms with Crippen molar-refractivity contribution < 1.29 is 9.84 Å². The van der Waals surface area contributed by atoms with Gasteiger partial charge in [0.15, 0.2) is 0 Å². The number of aliphatic hydroxyl groups is 1. The first-order valence-corrected chi connectivity index (χ1v) is 8.41. The Labute approximate surface area is 146 Å². The highest BCUT2D eigenvalue weighted by molar-refractivity contribution is 5.42. The first-order chi connectivity index (χ1) is 12.3. The van der Waals surface area contributed by atoms with Crippen molar-refractivity contribution in [2.75, 3.05) is 19.0 Å². The fourth-order valence-corrected chi connectivity index (χ4v) is 3.69. The van der Waals surface area contributed by atoms with E-state index in [0.717, 1.165) is 22.8 Å². The van der Waals surface area contributed by atoms with Crippen molar-refractivity contribution >= 4 is 5.95 Å². The zero-order valence-corrected chi connectivity index (χ0v) is 14.0. The van der Waals surface area contributed by atoms with Crippen LogP contribution in [0.25, 0.3) is 0 Å². The number of rotatable bonds is 4. The number of hydrogen-bond donors (Lipinski definition) is 2. The summed E-state index contributed by atoms with van der Waals surface area (Å²) in [6.45, 7) is 0.0703. The van der Waals surface area contributed by atoms with E-state index < -0.39 is 0 Å². The van der Waals surface area contributed by atoms with E-state index >= 15 is 0 Å². The Kier molecular flexibility index (Phi) is 4.15. The molecule has 0 saturated carbocycles. The number of ether oxygens (including phenoxy) is 1. The van der Waals surface area contributed by atoms with Crippen LogP contribution in [0.3, 0.4) is 0 Å². The van der Waals surface area contributed by atoms with Gasteiger partial charge in [-0.15, -0.1) is 0 Å². The normalized spacial score (nSPS) is 22.1. The van der Waals surface area contributed by atoms with Crippen LogP contribution in [-0.4, -0.2) is 28.4 Å². The van der Waals surface area contributed by atoms with E-state index in [1.54, 1.807) is 13.3 Å². The number of anilines is 1. The Bertz CT molecular complexity index is 830. The average molecular weight is 335 g/mol. The number of aliphatic hydroxyl groups excluding tert-OH is 1. The molecule has 3 aromatic rings. The van der Waals surface area contributed by atoms with E-state index in [1.807, 2.05) is 36.5 Å². The molecular formula is C20H21N3O2. The molecule has 2 N–H and O–H groups in total. The Hall–Kier alpha value is -2.79. The Morgan fingerprint density at radius 2 is 1.84 bits per heavy atom. The molecular weight excluding hydrogens is 314 g/mol. The molecule has 5 heteroatoms. The van der Waals surface area contributed by atoms with Crippen molar-refractivity contribution in [1.82, 2.24) is 9.55 Å². The van der Waals surface area contributed by atoms with Gasteiger partial charge < -0.3 is 19.7 Å². The second kappa shape index (κ2) is 6.61. The molecule has 2 heterocycles. The molecule has 1 aliphatic heterocycles. The minimum absolute atomic E-state index is 0.000128. The van der Waals surface area contributed by atoms with Gasteiger partial charge in [0.2, 0.25) is 5.95 Å². The maximum atomic E-state index is 10.2. The number of nitrogens with one attached hydrogen (secondary N) is 1. The van der Waals surface area contributed by atoms with Crippen LogP contribution < -0.4 is 10.1 Å². The predicted octanol–water partition coefficient (Wildman–Crippen LogP) is 3.26. The number of benzene rings is 2. The maximum Gasteiger partial charge on any atom is 0.203 e. The van der Waals surface area contributed by atoms with E-state index in [1.165, 1.54) is 0 Å². The third-order valence-corrected chi connectivity index (χ3v) is 4.91. The summed E-state index contributed by atoms with van der Waals surface area (Å²) in [7, 11) is 1.66. The molecule has 128 valence electrons. The smallest absolute Gasteiger partial charge is 0.203 e. The quantitative estimate of drug-likeness (QED) is 0.768. The first-order valence-electron chi connectivity index (χ1n) is 8.41. The van der Waals surface area contributed by atoms with Crippen LogP contribution in [0.4, 0.5) is 5.95 Å². The second-order valence-corrected chi connectivity index (χ2v) is 6.26. The van der Waals surface area contributed by atoms with Crippen molar-refractivity contribution in [3.8, 4) is 5.75 Å². The monoisotopic (exact) mass is 335 g/mol. The molecule has 0 radical (unpaired) electrons. The largest absolute Gasteiger partial charge is 0.497 e. The third kappa shape index (κ3) is 2.76. The van der Waals surface area contributed by atoms with Crippen LogP contribution in [0.2, 0.25) is 0 Å². The van der Waals surface area contributed by atoms with Crippen LogP contribution in [0, 0.1) is 5.92 Å². The zero-order chi connectivity index (χ0) is 17.2.